The van der Waals surface area contributed by atoms with E-state index in [9.17, 15) is 9.18 Å². The Balaban J connectivity index is 1.63. The molecule has 0 radical (unpaired) electrons. The van der Waals surface area contributed by atoms with Gasteiger partial charge in [0.05, 0.1) is 5.56 Å². The summed E-state index contributed by atoms with van der Waals surface area (Å²) >= 11 is 0. The molecule has 0 atom stereocenters. The molecular weight excluding hydrogens is 329 g/mol. The lowest BCUT2D eigenvalue weighted by atomic mass is 10.1. The second-order valence-electron chi connectivity index (χ2n) is 6.26. The number of halogens is 1. The Kier molecular flexibility index (Phi) is 5.52. The number of carbonyl (C=O) groups excluding carboxylic acids is 1. The Hall–Kier alpha value is -2.88. The molecule has 134 valence electrons. The van der Waals surface area contributed by atoms with Crippen LogP contribution >= 0.6 is 0 Å². The molecule has 26 heavy (non-hydrogen) atoms. The van der Waals surface area contributed by atoms with E-state index in [4.69, 9.17) is 4.42 Å². The number of para-hydroxylation sites is 1. The Morgan fingerprint density at radius 2 is 1.88 bits per heavy atom. The minimum absolute atomic E-state index is 0.0576. The van der Waals surface area contributed by atoms with Crippen molar-refractivity contribution in [2.45, 2.75) is 33.1 Å². The highest BCUT2D eigenvalue weighted by Gasteiger charge is 2.12. The van der Waals surface area contributed by atoms with Crippen LogP contribution in [0.15, 0.2) is 59.0 Å². The van der Waals surface area contributed by atoms with Crippen molar-refractivity contribution >= 4 is 11.6 Å². The summed E-state index contributed by atoms with van der Waals surface area (Å²) in [6, 6.07) is 16.0. The molecule has 1 aromatic heterocycles. The predicted molar refractivity (Wildman–Crippen MR) is 102 cm³/mol. The van der Waals surface area contributed by atoms with Crippen LogP contribution in [0.1, 0.15) is 30.2 Å². The van der Waals surface area contributed by atoms with E-state index in [-0.39, 0.29) is 11.7 Å². The number of benzene rings is 2. The molecule has 1 heterocycles. The lowest BCUT2D eigenvalue weighted by Gasteiger charge is -2.12. The van der Waals surface area contributed by atoms with E-state index in [1.54, 1.807) is 30.3 Å². The standard InChI is InChI=1S/C22H22FNO2/c1-3-16-8-6-7-15(2)22(16)24-21(25)14-12-17-11-13-20(26-17)18-9-4-5-10-19(18)23/h4-11,13H,3,12,14H2,1-2H3,(H,24,25). The first-order chi connectivity index (χ1) is 12.6. The van der Waals surface area contributed by atoms with E-state index in [1.807, 2.05) is 25.1 Å². The van der Waals surface area contributed by atoms with Crippen molar-refractivity contribution < 1.29 is 13.6 Å². The molecule has 0 saturated heterocycles. The predicted octanol–water partition coefficient (Wildman–Crippen LogP) is 5.53. The quantitative estimate of drug-likeness (QED) is 0.634. The molecule has 0 saturated carbocycles. The van der Waals surface area contributed by atoms with Crippen LogP contribution in [0.3, 0.4) is 0 Å². The van der Waals surface area contributed by atoms with Crippen molar-refractivity contribution in [1.29, 1.82) is 0 Å². The average Bonchev–Trinajstić information content (AvgIpc) is 3.11. The molecule has 0 spiro atoms. The van der Waals surface area contributed by atoms with Crippen LogP contribution < -0.4 is 5.32 Å². The summed E-state index contributed by atoms with van der Waals surface area (Å²) in [6.07, 6.45) is 1.64. The topological polar surface area (TPSA) is 42.2 Å². The van der Waals surface area contributed by atoms with Crippen LogP contribution in [-0.4, -0.2) is 5.91 Å². The number of hydrogen-bond donors (Lipinski definition) is 1. The molecule has 3 rings (SSSR count). The van der Waals surface area contributed by atoms with Crippen LogP contribution in [0.25, 0.3) is 11.3 Å². The third-order valence-electron chi connectivity index (χ3n) is 4.40. The summed E-state index contributed by atoms with van der Waals surface area (Å²) in [4.78, 5) is 12.3. The SMILES string of the molecule is CCc1cccc(C)c1NC(=O)CCc1ccc(-c2ccccc2F)o1. The van der Waals surface area contributed by atoms with Gasteiger partial charge in [0, 0.05) is 18.5 Å². The monoisotopic (exact) mass is 351 g/mol. The molecule has 0 unspecified atom stereocenters. The van der Waals surface area contributed by atoms with Gasteiger partial charge in [-0.25, -0.2) is 4.39 Å². The summed E-state index contributed by atoms with van der Waals surface area (Å²) in [5, 5.41) is 3.01. The summed E-state index contributed by atoms with van der Waals surface area (Å²) in [6.45, 7) is 4.06. The summed E-state index contributed by atoms with van der Waals surface area (Å²) in [7, 11) is 0. The van der Waals surface area contributed by atoms with Gasteiger partial charge >= 0.3 is 0 Å². The van der Waals surface area contributed by atoms with Gasteiger partial charge in [0.15, 0.2) is 0 Å². The number of hydrogen-bond acceptors (Lipinski definition) is 2. The zero-order valence-electron chi connectivity index (χ0n) is 15.0. The maximum absolute atomic E-state index is 13.8. The van der Waals surface area contributed by atoms with E-state index in [1.165, 1.54) is 6.07 Å². The molecule has 0 aliphatic rings. The number of rotatable bonds is 6. The minimum atomic E-state index is -0.321. The lowest BCUT2D eigenvalue weighted by Crippen LogP contribution is -2.14. The second kappa shape index (κ2) is 8.00. The zero-order chi connectivity index (χ0) is 18.5. The van der Waals surface area contributed by atoms with E-state index in [2.05, 4.69) is 12.2 Å². The molecular formula is C22H22FNO2. The van der Waals surface area contributed by atoms with Crippen molar-refractivity contribution in [3.05, 3.63) is 77.3 Å². The maximum atomic E-state index is 13.8. The highest BCUT2D eigenvalue weighted by molar-refractivity contribution is 5.92. The van der Waals surface area contributed by atoms with Gasteiger partial charge < -0.3 is 9.73 Å². The Morgan fingerprint density at radius 1 is 1.08 bits per heavy atom. The fourth-order valence-corrected chi connectivity index (χ4v) is 2.96. The summed E-state index contributed by atoms with van der Waals surface area (Å²) in [5.74, 6) is 0.764. The molecule has 1 N–H and O–H groups in total. The normalized spacial score (nSPS) is 10.7. The molecule has 1 amide bonds. The van der Waals surface area contributed by atoms with Crippen molar-refractivity contribution in [1.82, 2.24) is 0 Å². The average molecular weight is 351 g/mol. The first kappa shape index (κ1) is 17.9. The fourth-order valence-electron chi connectivity index (χ4n) is 2.96. The van der Waals surface area contributed by atoms with Gasteiger partial charge in [0.1, 0.15) is 17.3 Å². The number of nitrogens with one attached hydrogen (secondary N) is 1. The molecule has 0 aliphatic carbocycles. The fraction of sp³-hybridized carbons (Fsp3) is 0.227. The molecule has 0 aliphatic heterocycles. The van der Waals surface area contributed by atoms with Gasteiger partial charge in [0.25, 0.3) is 0 Å². The Morgan fingerprint density at radius 3 is 2.65 bits per heavy atom. The van der Waals surface area contributed by atoms with E-state index in [0.29, 0.717) is 29.9 Å². The van der Waals surface area contributed by atoms with Gasteiger partial charge in [-0.3, -0.25) is 4.79 Å². The van der Waals surface area contributed by atoms with Crippen LogP contribution in [0.5, 0.6) is 0 Å². The number of amides is 1. The van der Waals surface area contributed by atoms with Crippen molar-refractivity contribution in [3.8, 4) is 11.3 Å². The van der Waals surface area contributed by atoms with Crippen LogP contribution in [0.4, 0.5) is 10.1 Å². The third-order valence-corrected chi connectivity index (χ3v) is 4.40. The summed E-state index contributed by atoms with van der Waals surface area (Å²) in [5.41, 5.74) is 3.50. The first-order valence-electron chi connectivity index (χ1n) is 8.80. The van der Waals surface area contributed by atoms with Gasteiger partial charge in [-0.2, -0.15) is 0 Å². The largest absolute Gasteiger partial charge is 0.461 e. The smallest absolute Gasteiger partial charge is 0.224 e. The van der Waals surface area contributed by atoms with Gasteiger partial charge in [0.2, 0.25) is 5.91 Å². The van der Waals surface area contributed by atoms with E-state index >= 15 is 0 Å². The molecule has 4 heteroatoms. The number of carbonyl (C=O) groups is 1. The Labute approximate surface area is 152 Å². The van der Waals surface area contributed by atoms with Crippen molar-refractivity contribution in [2.24, 2.45) is 0 Å². The highest BCUT2D eigenvalue weighted by atomic mass is 19.1. The number of furan rings is 1. The van der Waals surface area contributed by atoms with Gasteiger partial charge in [-0.1, -0.05) is 37.3 Å². The van der Waals surface area contributed by atoms with Crippen molar-refractivity contribution in [2.75, 3.05) is 5.32 Å². The van der Waals surface area contributed by atoms with Crippen LogP contribution in [-0.2, 0) is 17.6 Å². The van der Waals surface area contributed by atoms with Gasteiger partial charge in [-0.05, 0) is 48.7 Å². The molecule has 0 fully saturated rings. The van der Waals surface area contributed by atoms with Crippen LogP contribution in [0.2, 0.25) is 0 Å². The van der Waals surface area contributed by atoms with Crippen molar-refractivity contribution in [3.63, 3.8) is 0 Å². The number of aryl methyl sites for hydroxylation is 3. The summed E-state index contributed by atoms with van der Waals surface area (Å²) < 4.78 is 19.5. The van der Waals surface area contributed by atoms with Gasteiger partial charge in [-0.15, -0.1) is 0 Å². The zero-order valence-corrected chi connectivity index (χ0v) is 15.0. The van der Waals surface area contributed by atoms with E-state index < -0.39 is 0 Å². The minimum Gasteiger partial charge on any atom is -0.461 e. The molecule has 2 aromatic carbocycles. The molecule has 0 bridgehead atoms. The molecule has 3 nitrogen and oxygen atoms in total. The van der Waals surface area contributed by atoms with E-state index in [0.717, 1.165) is 23.2 Å². The Bertz CT molecular complexity index is 914. The second-order valence-corrected chi connectivity index (χ2v) is 6.26. The third kappa shape index (κ3) is 4.02. The maximum Gasteiger partial charge on any atom is 0.224 e. The number of anilines is 1. The highest BCUT2D eigenvalue weighted by Crippen LogP contribution is 2.26. The molecule has 3 aromatic rings. The lowest BCUT2D eigenvalue weighted by molar-refractivity contribution is -0.116. The van der Waals surface area contributed by atoms with Crippen LogP contribution in [0, 0.1) is 12.7 Å². The first-order valence-corrected chi connectivity index (χ1v) is 8.80.